The molecule has 3 rings (SSSR count). The highest BCUT2D eigenvalue weighted by molar-refractivity contribution is 7.97. The maximum absolute atomic E-state index is 7.16. The molecule has 1 N–H and O–H groups in total. The van der Waals surface area contributed by atoms with Crippen molar-refractivity contribution in [3.8, 4) is 11.8 Å². The molecule has 0 amide bonds. The molecule has 0 spiro atoms. The van der Waals surface area contributed by atoms with Gasteiger partial charge in [0.15, 0.2) is 0 Å². The molecular formula is C22H22N4S2. The molecule has 1 aliphatic heterocycles. The molecule has 0 aliphatic carbocycles. The van der Waals surface area contributed by atoms with E-state index in [9.17, 15) is 0 Å². The molecule has 1 aromatic heterocycles. The number of hydrogen-bond donors (Lipinski definition) is 2. The summed E-state index contributed by atoms with van der Waals surface area (Å²) in [5.41, 5.74) is 11.8. The second-order valence-electron chi connectivity index (χ2n) is 6.41. The Morgan fingerprint density at radius 2 is 1.96 bits per heavy atom. The van der Waals surface area contributed by atoms with E-state index < -0.39 is 0 Å². The van der Waals surface area contributed by atoms with Gasteiger partial charge in [0.1, 0.15) is 5.69 Å². The van der Waals surface area contributed by atoms with Crippen molar-refractivity contribution in [3.05, 3.63) is 76.5 Å². The number of nitrogens with one attached hydrogen (secondary N) is 1. The fourth-order valence-electron chi connectivity index (χ4n) is 2.84. The molecule has 0 bridgehead atoms. The van der Waals surface area contributed by atoms with Gasteiger partial charge in [-0.15, -0.1) is 12.6 Å². The zero-order chi connectivity index (χ0) is 19.8. The molecule has 142 valence electrons. The van der Waals surface area contributed by atoms with E-state index in [0.717, 1.165) is 42.9 Å². The molecule has 0 atom stereocenters. The molecular weight excluding hydrogens is 384 g/mol. The number of benzene rings is 1. The molecule has 0 unspecified atom stereocenters. The summed E-state index contributed by atoms with van der Waals surface area (Å²) in [6.45, 7) is 3.99. The predicted molar refractivity (Wildman–Crippen MR) is 119 cm³/mol. The lowest BCUT2D eigenvalue weighted by Gasteiger charge is -2.26. The second-order valence-corrected chi connectivity index (χ2v) is 7.84. The Morgan fingerprint density at radius 1 is 1.21 bits per heavy atom. The quantitative estimate of drug-likeness (QED) is 0.295. The van der Waals surface area contributed by atoms with Crippen molar-refractivity contribution >= 4 is 30.3 Å². The van der Waals surface area contributed by atoms with Gasteiger partial charge in [-0.1, -0.05) is 29.7 Å². The van der Waals surface area contributed by atoms with Crippen molar-refractivity contribution in [1.29, 1.82) is 5.53 Å². The summed E-state index contributed by atoms with van der Waals surface area (Å²) in [4.78, 5) is 5.59. The van der Waals surface area contributed by atoms with E-state index in [2.05, 4.69) is 57.1 Å². The van der Waals surface area contributed by atoms with Gasteiger partial charge in [0.05, 0.1) is 5.70 Å². The molecule has 2 heterocycles. The molecule has 0 saturated carbocycles. The Kier molecular flexibility index (Phi) is 7.49. The van der Waals surface area contributed by atoms with Crippen molar-refractivity contribution in [1.82, 2.24) is 9.29 Å². The topological polar surface area (TPSA) is 52.3 Å². The Labute approximate surface area is 176 Å². The third-order valence-corrected chi connectivity index (χ3v) is 5.71. The number of aryl methyl sites for hydroxylation is 1. The first kappa shape index (κ1) is 20.4. The Bertz CT molecular complexity index is 942. The minimum absolute atomic E-state index is 0.564. The lowest BCUT2D eigenvalue weighted by atomic mass is 10.1. The lowest BCUT2D eigenvalue weighted by molar-refractivity contribution is 0.434. The van der Waals surface area contributed by atoms with Gasteiger partial charge in [0.2, 0.25) is 0 Å². The summed E-state index contributed by atoms with van der Waals surface area (Å²) in [7, 11) is 0. The smallest absolute Gasteiger partial charge is 0.113 e. The van der Waals surface area contributed by atoms with Crippen molar-refractivity contribution in [2.75, 3.05) is 13.1 Å². The molecule has 4 nitrogen and oxygen atoms in total. The number of piperidine rings is 1. The highest BCUT2D eigenvalue weighted by Crippen LogP contribution is 2.29. The number of allylic oxidation sites excluding steroid dienone is 1. The number of nitrogens with zero attached hydrogens (tertiary/aromatic N) is 3. The maximum atomic E-state index is 7.16. The van der Waals surface area contributed by atoms with Crippen LogP contribution in [0.25, 0.3) is 5.70 Å². The molecule has 1 aliphatic rings. The number of hydrogen-bond acceptors (Lipinski definition) is 6. The van der Waals surface area contributed by atoms with Crippen molar-refractivity contribution in [2.45, 2.75) is 24.7 Å². The minimum Gasteiger partial charge on any atom is -0.246 e. The van der Waals surface area contributed by atoms with Gasteiger partial charge < -0.3 is 0 Å². The van der Waals surface area contributed by atoms with Crippen LogP contribution in [-0.4, -0.2) is 22.4 Å². The van der Waals surface area contributed by atoms with E-state index >= 15 is 0 Å². The molecule has 1 saturated heterocycles. The average Bonchev–Trinajstić information content (AvgIpc) is 2.72. The Morgan fingerprint density at radius 3 is 2.61 bits per heavy atom. The second kappa shape index (κ2) is 10.3. The fourth-order valence-corrected chi connectivity index (χ4v) is 3.97. The van der Waals surface area contributed by atoms with Gasteiger partial charge in [-0.05, 0) is 73.4 Å². The number of rotatable bonds is 4. The van der Waals surface area contributed by atoms with Crippen LogP contribution in [0, 0.1) is 24.3 Å². The van der Waals surface area contributed by atoms with Crippen molar-refractivity contribution in [3.63, 3.8) is 0 Å². The zero-order valence-electron chi connectivity index (χ0n) is 15.7. The van der Waals surface area contributed by atoms with Crippen molar-refractivity contribution in [2.24, 2.45) is 5.11 Å². The first-order chi connectivity index (χ1) is 13.7. The SMILES string of the molecule is Cc1cccc(C#CC=C2CCN(Sc3ccc(/C(=C/S)N=N)cc3)CC2)n1. The lowest BCUT2D eigenvalue weighted by Crippen LogP contribution is -2.24. The normalized spacial score (nSPS) is 14.9. The van der Waals surface area contributed by atoms with Gasteiger partial charge in [0.25, 0.3) is 0 Å². The maximum Gasteiger partial charge on any atom is 0.113 e. The monoisotopic (exact) mass is 406 g/mol. The molecule has 6 heteroatoms. The third-order valence-electron chi connectivity index (χ3n) is 4.36. The van der Waals surface area contributed by atoms with Crippen LogP contribution < -0.4 is 0 Å². The van der Waals surface area contributed by atoms with E-state index in [4.69, 9.17) is 5.53 Å². The van der Waals surface area contributed by atoms with Crippen LogP contribution in [0.1, 0.15) is 29.8 Å². The number of thiol groups is 1. The van der Waals surface area contributed by atoms with E-state index in [1.807, 2.05) is 37.3 Å². The van der Waals surface area contributed by atoms with E-state index in [1.54, 1.807) is 17.4 Å². The van der Waals surface area contributed by atoms with Gasteiger partial charge in [-0.3, -0.25) is 0 Å². The van der Waals surface area contributed by atoms with Crippen LogP contribution in [0.3, 0.4) is 0 Å². The van der Waals surface area contributed by atoms with Gasteiger partial charge in [-0.25, -0.2) is 14.8 Å². The first-order valence-corrected chi connectivity index (χ1v) is 10.4. The molecule has 2 aromatic rings. The van der Waals surface area contributed by atoms with Crippen LogP contribution in [0.5, 0.6) is 0 Å². The first-order valence-electron chi connectivity index (χ1n) is 9.06. The highest BCUT2D eigenvalue weighted by atomic mass is 32.2. The molecule has 0 radical (unpaired) electrons. The molecule has 1 fully saturated rings. The summed E-state index contributed by atoms with van der Waals surface area (Å²) in [5.74, 6) is 6.28. The number of pyridine rings is 1. The highest BCUT2D eigenvalue weighted by Gasteiger charge is 2.14. The van der Waals surface area contributed by atoms with Crippen LogP contribution >= 0.6 is 24.6 Å². The Hall–Kier alpha value is -2.33. The summed E-state index contributed by atoms with van der Waals surface area (Å²) >= 11 is 5.86. The van der Waals surface area contributed by atoms with Crippen LogP contribution in [0.4, 0.5) is 0 Å². The van der Waals surface area contributed by atoms with Gasteiger partial charge >= 0.3 is 0 Å². The minimum atomic E-state index is 0.564. The largest absolute Gasteiger partial charge is 0.246 e. The summed E-state index contributed by atoms with van der Waals surface area (Å²) in [6.07, 6.45) is 4.12. The van der Waals surface area contributed by atoms with Crippen LogP contribution in [-0.2, 0) is 0 Å². The fraction of sp³-hybridized carbons (Fsp3) is 0.227. The summed E-state index contributed by atoms with van der Waals surface area (Å²) < 4.78 is 2.38. The van der Waals surface area contributed by atoms with Crippen LogP contribution in [0.2, 0.25) is 0 Å². The average molecular weight is 407 g/mol. The zero-order valence-corrected chi connectivity index (χ0v) is 17.4. The predicted octanol–water partition coefficient (Wildman–Crippen LogP) is 5.73. The molecule has 1 aromatic carbocycles. The standard InChI is InChI=1S/C22H22N4S2/c1-17-4-2-6-20(24-17)7-3-5-18-12-14-26(15-13-18)28-21-10-8-19(9-11-21)22(16-27)25-23/h2,4-6,8-11,16,23,27H,12-15H2,1H3/b22-16-,25-23?. The van der Waals surface area contributed by atoms with Crippen LogP contribution in [0.15, 0.2) is 69.5 Å². The van der Waals surface area contributed by atoms with Crippen molar-refractivity contribution < 1.29 is 0 Å². The van der Waals surface area contributed by atoms with E-state index in [0.29, 0.717) is 5.70 Å². The van der Waals surface area contributed by atoms with E-state index in [-0.39, 0.29) is 0 Å². The van der Waals surface area contributed by atoms with Gasteiger partial charge in [0, 0.05) is 29.2 Å². The third kappa shape index (κ3) is 5.83. The summed E-state index contributed by atoms with van der Waals surface area (Å²) in [6, 6.07) is 14.0. The van der Waals surface area contributed by atoms with E-state index in [1.165, 1.54) is 10.5 Å². The number of aromatic nitrogens is 1. The van der Waals surface area contributed by atoms with Gasteiger partial charge in [-0.2, -0.15) is 5.11 Å². The Balaban J connectivity index is 1.52. The molecule has 28 heavy (non-hydrogen) atoms. The summed E-state index contributed by atoms with van der Waals surface area (Å²) in [5, 5.41) is 5.02.